The topological polar surface area (TPSA) is 90.9 Å². The molecule has 0 aromatic carbocycles. The second-order valence-corrected chi connectivity index (χ2v) is 5.94. The third-order valence-corrected chi connectivity index (χ3v) is 4.33. The number of carbonyl (C=O) groups is 1. The van der Waals surface area contributed by atoms with Gasteiger partial charge in [-0.15, -0.1) is 0 Å². The summed E-state index contributed by atoms with van der Waals surface area (Å²) in [7, 11) is 2.94. The quantitative estimate of drug-likeness (QED) is 0.716. The van der Waals surface area contributed by atoms with Crippen LogP contribution < -0.4 is 16.6 Å². The molecule has 1 N–H and O–H groups in total. The number of imidazole rings is 1. The molecule has 120 valence electrons. The van der Waals surface area contributed by atoms with E-state index < -0.39 is 11.2 Å². The van der Waals surface area contributed by atoms with E-state index >= 15 is 0 Å². The number of fused-ring (bicyclic) bond motifs is 1. The Morgan fingerprint density at radius 2 is 2.09 bits per heavy atom. The van der Waals surface area contributed by atoms with Gasteiger partial charge in [0, 0.05) is 20.6 Å². The van der Waals surface area contributed by atoms with E-state index in [1.807, 2.05) is 16.8 Å². The summed E-state index contributed by atoms with van der Waals surface area (Å²) in [5.41, 5.74) is 0.613. The maximum Gasteiger partial charge on any atom is 0.332 e. The normalized spacial score (nSPS) is 11.0. The highest BCUT2D eigenvalue weighted by molar-refractivity contribution is 7.07. The van der Waals surface area contributed by atoms with Crippen molar-refractivity contribution in [2.75, 3.05) is 0 Å². The van der Waals surface area contributed by atoms with E-state index in [4.69, 9.17) is 0 Å². The molecule has 1 amide bonds. The van der Waals surface area contributed by atoms with Crippen molar-refractivity contribution in [3.63, 3.8) is 0 Å². The highest BCUT2D eigenvalue weighted by Crippen LogP contribution is 2.06. The molecule has 0 fully saturated rings. The summed E-state index contributed by atoms with van der Waals surface area (Å²) >= 11 is 1.56. The molecule has 0 spiro atoms. The maximum atomic E-state index is 12.3. The molecule has 3 heterocycles. The van der Waals surface area contributed by atoms with Gasteiger partial charge in [-0.05, 0) is 22.4 Å². The number of nitrogens with zero attached hydrogens (tertiary/aromatic N) is 4. The van der Waals surface area contributed by atoms with Crippen LogP contribution in [0.1, 0.15) is 5.56 Å². The number of aromatic nitrogens is 4. The largest absolute Gasteiger partial charge is 0.350 e. The first-order valence-electron chi connectivity index (χ1n) is 6.87. The first-order valence-corrected chi connectivity index (χ1v) is 7.82. The van der Waals surface area contributed by atoms with E-state index in [0.29, 0.717) is 6.54 Å². The zero-order valence-electron chi connectivity index (χ0n) is 12.6. The molecule has 0 radical (unpaired) electrons. The van der Waals surface area contributed by atoms with Crippen molar-refractivity contribution < 1.29 is 4.79 Å². The Hall–Kier alpha value is -2.68. The summed E-state index contributed by atoms with van der Waals surface area (Å²) in [6.07, 6.45) is 1.40. The SMILES string of the molecule is Cn1c(=O)c2c(ncn2CC(=O)NCc2ccsc2)n(C)c1=O. The molecule has 0 aliphatic carbocycles. The van der Waals surface area contributed by atoms with Crippen LogP contribution in [-0.2, 0) is 32.0 Å². The van der Waals surface area contributed by atoms with E-state index in [0.717, 1.165) is 10.1 Å². The van der Waals surface area contributed by atoms with Crippen LogP contribution in [0.4, 0.5) is 0 Å². The van der Waals surface area contributed by atoms with Crippen molar-refractivity contribution in [2.45, 2.75) is 13.1 Å². The molecule has 0 aliphatic rings. The molecule has 23 heavy (non-hydrogen) atoms. The predicted molar refractivity (Wildman–Crippen MR) is 86.4 cm³/mol. The number of aryl methyl sites for hydroxylation is 1. The molecule has 8 nitrogen and oxygen atoms in total. The van der Waals surface area contributed by atoms with Gasteiger partial charge in [-0.25, -0.2) is 9.78 Å². The van der Waals surface area contributed by atoms with Crippen LogP contribution in [0.15, 0.2) is 32.7 Å². The predicted octanol–water partition coefficient (Wildman–Crippen LogP) is -0.188. The molecule has 3 rings (SSSR count). The van der Waals surface area contributed by atoms with Crippen LogP contribution in [-0.4, -0.2) is 24.6 Å². The van der Waals surface area contributed by atoms with Crippen LogP contribution in [0.2, 0.25) is 0 Å². The number of rotatable bonds is 4. The highest BCUT2D eigenvalue weighted by Gasteiger charge is 2.15. The van der Waals surface area contributed by atoms with Crippen LogP contribution in [0.3, 0.4) is 0 Å². The number of carbonyl (C=O) groups excluding carboxylic acids is 1. The lowest BCUT2D eigenvalue weighted by atomic mass is 10.3. The fraction of sp³-hybridized carbons (Fsp3) is 0.286. The molecule has 0 saturated heterocycles. The van der Waals surface area contributed by atoms with Crippen molar-refractivity contribution in [1.82, 2.24) is 24.0 Å². The number of thiophene rings is 1. The first-order chi connectivity index (χ1) is 11.0. The number of hydrogen-bond donors (Lipinski definition) is 1. The van der Waals surface area contributed by atoms with Gasteiger partial charge in [-0.1, -0.05) is 0 Å². The van der Waals surface area contributed by atoms with Gasteiger partial charge in [0.25, 0.3) is 5.56 Å². The van der Waals surface area contributed by atoms with Gasteiger partial charge in [-0.3, -0.25) is 18.7 Å². The van der Waals surface area contributed by atoms with E-state index in [2.05, 4.69) is 10.3 Å². The van der Waals surface area contributed by atoms with Crippen molar-refractivity contribution >= 4 is 28.4 Å². The van der Waals surface area contributed by atoms with Gasteiger partial charge in [0.15, 0.2) is 11.2 Å². The van der Waals surface area contributed by atoms with Crippen molar-refractivity contribution in [3.8, 4) is 0 Å². The van der Waals surface area contributed by atoms with E-state index in [1.165, 1.54) is 29.6 Å². The Kier molecular flexibility index (Phi) is 3.87. The van der Waals surface area contributed by atoms with Gasteiger partial charge in [0.1, 0.15) is 6.54 Å². The lowest BCUT2D eigenvalue weighted by Crippen LogP contribution is -2.38. The number of amides is 1. The molecule has 3 aromatic rings. The summed E-state index contributed by atoms with van der Waals surface area (Å²) in [5, 5.41) is 6.69. The summed E-state index contributed by atoms with van der Waals surface area (Å²) in [4.78, 5) is 40.3. The average molecular weight is 333 g/mol. The molecular formula is C14H15N5O3S. The monoisotopic (exact) mass is 333 g/mol. The van der Waals surface area contributed by atoms with Crippen molar-refractivity contribution in [2.24, 2.45) is 14.1 Å². The summed E-state index contributed by atoms with van der Waals surface area (Å²) in [6.45, 7) is 0.402. The Morgan fingerprint density at radius 1 is 1.30 bits per heavy atom. The smallest absolute Gasteiger partial charge is 0.332 e. The minimum Gasteiger partial charge on any atom is -0.350 e. The first kappa shape index (κ1) is 15.2. The summed E-state index contributed by atoms with van der Waals surface area (Å²) in [6, 6.07) is 1.93. The van der Waals surface area contributed by atoms with E-state index in [9.17, 15) is 14.4 Å². The van der Waals surface area contributed by atoms with Gasteiger partial charge < -0.3 is 9.88 Å². The summed E-state index contributed by atoms with van der Waals surface area (Å²) < 4.78 is 3.75. The zero-order chi connectivity index (χ0) is 16.6. The zero-order valence-corrected chi connectivity index (χ0v) is 13.5. The highest BCUT2D eigenvalue weighted by atomic mass is 32.1. The Balaban J connectivity index is 1.88. The average Bonchev–Trinajstić information content (AvgIpc) is 3.18. The van der Waals surface area contributed by atoms with Gasteiger partial charge in [-0.2, -0.15) is 11.3 Å². The molecule has 0 saturated carbocycles. The van der Waals surface area contributed by atoms with Gasteiger partial charge >= 0.3 is 5.69 Å². The molecule has 0 atom stereocenters. The lowest BCUT2D eigenvalue weighted by Gasteiger charge is -2.07. The summed E-state index contributed by atoms with van der Waals surface area (Å²) in [5.74, 6) is -0.230. The minimum absolute atomic E-state index is 0.0336. The molecule has 0 bridgehead atoms. The molecule has 0 unspecified atom stereocenters. The second-order valence-electron chi connectivity index (χ2n) is 5.16. The molecule has 9 heteroatoms. The third kappa shape index (κ3) is 2.70. The van der Waals surface area contributed by atoms with Crippen LogP contribution in [0.25, 0.3) is 11.2 Å². The van der Waals surface area contributed by atoms with E-state index in [-0.39, 0.29) is 23.6 Å². The van der Waals surface area contributed by atoms with E-state index in [1.54, 1.807) is 11.3 Å². The van der Waals surface area contributed by atoms with Crippen molar-refractivity contribution in [3.05, 3.63) is 49.6 Å². The molecule has 0 aliphatic heterocycles. The standard InChI is InChI=1S/C14H15N5O3S/c1-17-12-11(13(21)18(2)14(17)22)19(8-16-12)6-10(20)15-5-9-3-4-23-7-9/h3-4,7-8H,5-6H2,1-2H3,(H,15,20). The fourth-order valence-corrected chi connectivity index (χ4v) is 2.99. The van der Waals surface area contributed by atoms with Crippen LogP contribution in [0.5, 0.6) is 0 Å². The third-order valence-electron chi connectivity index (χ3n) is 3.60. The Bertz CT molecular complexity index is 980. The number of hydrogen-bond acceptors (Lipinski definition) is 5. The van der Waals surface area contributed by atoms with Gasteiger partial charge in [0.2, 0.25) is 5.91 Å². The Labute approximate surface area is 134 Å². The van der Waals surface area contributed by atoms with Crippen molar-refractivity contribution in [1.29, 1.82) is 0 Å². The maximum absolute atomic E-state index is 12.3. The lowest BCUT2D eigenvalue weighted by molar-refractivity contribution is -0.121. The molecule has 3 aromatic heterocycles. The van der Waals surface area contributed by atoms with Gasteiger partial charge in [0.05, 0.1) is 6.33 Å². The number of nitrogens with one attached hydrogen (secondary N) is 1. The van der Waals surface area contributed by atoms with Crippen LogP contribution in [0, 0.1) is 0 Å². The van der Waals surface area contributed by atoms with Crippen LogP contribution >= 0.6 is 11.3 Å². The minimum atomic E-state index is -0.466. The second kappa shape index (κ2) is 5.84. The fourth-order valence-electron chi connectivity index (χ4n) is 2.32. The Morgan fingerprint density at radius 3 is 2.78 bits per heavy atom. The molecular weight excluding hydrogens is 318 g/mol.